The maximum atomic E-state index is 10.9. The second-order valence-electron chi connectivity index (χ2n) is 2.74. The van der Waals surface area contributed by atoms with E-state index in [9.17, 15) is 4.79 Å². The van der Waals surface area contributed by atoms with Crippen LogP contribution in [0.25, 0.3) is 0 Å². The van der Waals surface area contributed by atoms with Gasteiger partial charge in [0.25, 0.3) is 0 Å². The Morgan fingerprint density at radius 3 is 2.67 bits per heavy atom. The summed E-state index contributed by atoms with van der Waals surface area (Å²) in [6, 6.07) is 0. The van der Waals surface area contributed by atoms with Gasteiger partial charge in [0, 0.05) is 12.2 Å². The fourth-order valence-electron chi connectivity index (χ4n) is 0.774. The maximum absolute atomic E-state index is 10.9. The molecule has 12 heavy (non-hydrogen) atoms. The van der Waals surface area contributed by atoms with Crippen LogP contribution in [0.1, 0.15) is 39.0 Å². The van der Waals surface area contributed by atoms with E-state index in [1.54, 1.807) is 0 Å². The fourth-order valence-corrected chi connectivity index (χ4v) is 0.978. The Balaban J connectivity index is 3.10. The molecule has 0 amide bonds. The fraction of sp³-hybridized carbons (Fsp3) is 0.889. The predicted octanol–water partition coefficient (Wildman–Crippen LogP) is 2.70. The van der Waals surface area contributed by atoms with Crippen LogP contribution in [0.5, 0.6) is 0 Å². The molecule has 0 rings (SSSR count). The lowest BCUT2D eigenvalue weighted by Crippen LogP contribution is -2.05. The third kappa shape index (κ3) is 7.92. The minimum atomic E-state index is -0.0769. The molecule has 0 aliphatic heterocycles. The van der Waals surface area contributed by atoms with Gasteiger partial charge in [-0.1, -0.05) is 26.0 Å². The average molecular weight is 189 g/mol. The molecule has 0 bridgehead atoms. The number of esters is 1. The topological polar surface area (TPSA) is 26.3 Å². The molecule has 71 valence electrons. The minimum Gasteiger partial charge on any atom is -0.466 e. The minimum absolute atomic E-state index is 0.0769. The molecule has 2 nitrogen and oxygen atoms in total. The normalized spacial score (nSPS) is 9.83. The summed E-state index contributed by atoms with van der Waals surface area (Å²) in [5, 5.41) is 0. The molecule has 0 aromatic heterocycles. The lowest BCUT2D eigenvalue weighted by Gasteiger charge is -2.02. The number of ether oxygens (including phenoxy) is 1. The van der Waals surface area contributed by atoms with Crippen molar-refractivity contribution in [3.05, 3.63) is 0 Å². The zero-order valence-corrected chi connectivity index (χ0v) is 8.49. The van der Waals surface area contributed by atoms with E-state index in [2.05, 4.69) is 6.92 Å². The van der Waals surface area contributed by atoms with Gasteiger partial charge < -0.3 is 4.74 Å². The average Bonchev–Trinajstić information content (AvgIpc) is 2.06. The van der Waals surface area contributed by atoms with Crippen molar-refractivity contribution >= 4 is 18.6 Å². The molecule has 0 aliphatic rings. The third-order valence-corrected chi connectivity index (χ3v) is 1.82. The van der Waals surface area contributed by atoms with Gasteiger partial charge in [-0.15, -0.1) is 0 Å². The lowest BCUT2D eigenvalue weighted by atomic mass is 10.2. The second-order valence-corrected chi connectivity index (χ2v) is 3.14. The smallest absolute Gasteiger partial charge is 0.305 e. The Bertz CT molecular complexity index is 103. The molecule has 0 aliphatic carbocycles. The van der Waals surface area contributed by atoms with Crippen LogP contribution in [0.4, 0.5) is 0 Å². The van der Waals surface area contributed by atoms with E-state index in [0.717, 1.165) is 31.4 Å². The first-order valence-electron chi connectivity index (χ1n) is 4.55. The van der Waals surface area contributed by atoms with Crippen molar-refractivity contribution in [1.29, 1.82) is 0 Å². The molecule has 0 atom stereocenters. The second kappa shape index (κ2) is 8.91. The highest BCUT2D eigenvalue weighted by molar-refractivity contribution is 7.80. The summed E-state index contributed by atoms with van der Waals surface area (Å²) in [6.07, 6.45) is 4.37. The standard InChI is InChI=1S/C9H17O2S/c1-2-3-7-11-9(10)6-4-5-8-12/h2-8H2,1H3. The van der Waals surface area contributed by atoms with Crippen molar-refractivity contribution in [2.75, 3.05) is 12.4 Å². The van der Waals surface area contributed by atoms with E-state index >= 15 is 0 Å². The van der Waals surface area contributed by atoms with Crippen LogP contribution in [0.2, 0.25) is 0 Å². The van der Waals surface area contributed by atoms with E-state index in [0.29, 0.717) is 13.0 Å². The number of unbranched alkanes of at least 4 members (excludes halogenated alkanes) is 2. The van der Waals surface area contributed by atoms with E-state index in [1.807, 2.05) is 0 Å². The Labute approximate surface area is 80.1 Å². The molecule has 0 N–H and O–H groups in total. The lowest BCUT2D eigenvalue weighted by molar-refractivity contribution is -0.143. The molecule has 0 saturated carbocycles. The van der Waals surface area contributed by atoms with E-state index in [-0.39, 0.29) is 5.97 Å². The van der Waals surface area contributed by atoms with Gasteiger partial charge in [0.1, 0.15) is 0 Å². The molecular weight excluding hydrogens is 172 g/mol. The van der Waals surface area contributed by atoms with E-state index in [1.165, 1.54) is 0 Å². The summed E-state index contributed by atoms with van der Waals surface area (Å²) in [5.41, 5.74) is 0. The summed E-state index contributed by atoms with van der Waals surface area (Å²) >= 11 is 4.76. The van der Waals surface area contributed by atoms with Gasteiger partial charge in [0.05, 0.1) is 6.61 Å². The summed E-state index contributed by atoms with van der Waals surface area (Å²) < 4.78 is 4.96. The molecular formula is C9H17O2S. The number of carbonyl (C=O) groups excluding carboxylic acids is 1. The van der Waals surface area contributed by atoms with Gasteiger partial charge in [-0.3, -0.25) is 4.79 Å². The largest absolute Gasteiger partial charge is 0.466 e. The maximum Gasteiger partial charge on any atom is 0.305 e. The van der Waals surface area contributed by atoms with Gasteiger partial charge in [0.15, 0.2) is 0 Å². The summed E-state index contributed by atoms with van der Waals surface area (Å²) in [6.45, 7) is 2.65. The Hall–Kier alpha value is -0.180. The van der Waals surface area contributed by atoms with Crippen LogP contribution < -0.4 is 0 Å². The van der Waals surface area contributed by atoms with Crippen LogP contribution in [-0.4, -0.2) is 18.3 Å². The predicted molar refractivity (Wildman–Crippen MR) is 52.2 cm³/mol. The molecule has 0 fully saturated rings. The van der Waals surface area contributed by atoms with Crippen molar-refractivity contribution in [3.8, 4) is 0 Å². The zero-order chi connectivity index (χ0) is 9.23. The summed E-state index contributed by atoms with van der Waals surface area (Å²) in [4.78, 5) is 10.9. The van der Waals surface area contributed by atoms with Crippen LogP contribution in [0.3, 0.4) is 0 Å². The van der Waals surface area contributed by atoms with Crippen LogP contribution in [0, 0.1) is 0 Å². The first-order chi connectivity index (χ1) is 5.81. The van der Waals surface area contributed by atoms with Crippen molar-refractivity contribution < 1.29 is 9.53 Å². The highest BCUT2D eigenvalue weighted by atomic mass is 32.1. The molecule has 0 spiro atoms. The molecule has 3 heteroatoms. The third-order valence-electron chi connectivity index (χ3n) is 1.54. The zero-order valence-electron chi connectivity index (χ0n) is 7.67. The number of hydrogen-bond acceptors (Lipinski definition) is 2. The molecule has 0 aromatic carbocycles. The van der Waals surface area contributed by atoms with Crippen LogP contribution in [-0.2, 0) is 9.53 Å². The van der Waals surface area contributed by atoms with Gasteiger partial charge in [-0.25, -0.2) is 0 Å². The van der Waals surface area contributed by atoms with Crippen molar-refractivity contribution in [3.63, 3.8) is 0 Å². The summed E-state index contributed by atoms with van der Waals surface area (Å²) in [7, 11) is 0. The Morgan fingerprint density at radius 2 is 2.08 bits per heavy atom. The quantitative estimate of drug-likeness (QED) is 0.454. The molecule has 1 radical (unpaired) electrons. The first kappa shape index (κ1) is 11.8. The van der Waals surface area contributed by atoms with Crippen LogP contribution >= 0.6 is 12.6 Å². The van der Waals surface area contributed by atoms with Gasteiger partial charge >= 0.3 is 5.97 Å². The van der Waals surface area contributed by atoms with Gasteiger partial charge in [-0.2, -0.15) is 0 Å². The summed E-state index contributed by atoms with van der Waals surface area (Å²) in [5.74, 6) is 0.661. The number of carbonyl (C=O) groups is 1. The Kier molecular flexibility index (Phi) is 8.78. The number of rotatable bonds is 7. The van der Waals surface area contributed by atoms with Crippen molar-refractivity contribution in [1.82, 2.24) is 0 Å². The van der Waals surface area contributed by atoms with E-state index in [4.69, 9.17) is 17.4 Å². The number of hydrogen-bond donors (Lipinski definition) is 0. The highest BCUT2D eigenvalue weighted by Crippen LogP contribution is 1.99. The molecule has 0 heterocycles. The molecule has 0 aromatic rings. The van der Waals surface area contributed by atoms with Gasteiger partial charge in [0.2, 0.25) is 0 Å². The van der Waals surface area contributed by atoms with Crippen molar-refractivity contribution in [2.24, 2.45) is 0 Å². The van der Waals surface area contributed by atoms with Crippen molar-refractivity contribution in [2.45, 2.75) is 39.0 Å². The SMILES string of the molecule is CCCCOC(=O)CCCC[S]. The Morgan fingerprint density at radius 1 is 1.33 bits per heavy atom. The van der Waals surface area contributed by atoms with Gasteiger partial charge in [-0.05, 0) is 19.3 Å². The van der Waals surface area contributed by atoms with Crippen LogP contribution in [0.15, 0.2) is 0 Å². The van der Waals surface area contributed by atoms with E-state index < -0.39 is 0 Å². The highest BCUT2D eigenvalue weighted by Gasteiger charge is 2.00. The molecule has 0 unspecified atom stereocenters. The monoisotopic (exact) mass is 189 g/mol. The molecule has 0 saturated heterocycles. The first-order valence-corrected chi connectivity index (χ1v) is 5.12.